The van der Waals surface area contributed by atoms with Gasteiger partial charge in [-0.05, 0) is 84.0 Å². The number of nitrogens with zero attached hydrogens (tertiary/aromatic N) is 2. The predicted molar refractivity (Wildman–Crippen MR) is 205 cm³/mol. The molecule has 2 aromatic carbocycles. The van der Waals surface area contributed by atoms with Crippen LogP contribution in [0.1, 0.15) is 47.5 Å². The molecule has 1 aliphatic rings. The molecule has 3 aromatic heterocycles. The second kappa shape index (κ2) is 18.2. The molecule has 258 valence electrons. The molecule has 10 heteroatoms. The highest BCUT2D eigenvalue weighted by atomic mass is 32.2. The molecule has 4 heterocycles. The lowest BCUT2D eigenvalue weighted by molar-refractivity contribution is 0.263. The number of rotatable bonds is 13. The summed E-state index contributed by atoms with van der Waals surface area (Å²) in [5, 5.41) is 3.49. The van der Waals surface area contributed by atoms with Crippen molar-refractivity contribution in [2.24, 2.45) is 0 Å². The molecule has 1 saturated heterocycles. The van der Waals surface area contributed by atoms with Crippen molar-refractivity contribution >= 4 is 41.0 Å². The van der Waals surface area contributed by atoms with Crippen molar-refractivity contribution in [3.05, 3.63) is 151 Å². The Morgan fingerprint density at radius 2 is 1.30 bits per heavy atom. The standard InChI is InChI=1S/C20H22N2O2S.C20H20N2O2S/c2*1-3-15-4-7-17(21-13-15)10-11-24-18-8-5-16(6-9-18)12-19-14(2)22-20(23)25-19/h4-9,13,19H,2-3,10-12H2,1H3,(H,22,23);4-9,12-13H,2-3,10-11H2,1H3,(H,22,23)/b;19-12+. The van der Waals surface area contributed by atoms with Crippen molar-refractivity contribution in [3.63, 3.8) is 0 Å². The molecule has 50 heavy (non-hydrogen) atoms. The fourth-order valence-corrected chi connectivity index (χ4v) is 6.68. The van der Waals surface area contributed by atoms with Crippen LogP contribution in [-0.4, -0.2) is 38.7 Å². The highest BCUT2D eigenvalue weighted by Crippen LogP contribution is 2.28. The van der Waals surface area contributed by atoms with E-state index in [1.807, 2.05) is 67.0 Å². The number of thiazole rings is 1. The molecule has 0 aliphatic carbocycles. The minimum Gasteiger partial charge on any atom is -0.493 e. The van der Waals surface area contributed by atoms with Crippen LogP contribution in [0.25, 0.3) is 12.7 Å². The van der Waals surface area contributed by atoms with Gasteiger partial charge in [0.25, 0.3) is 5.24 Å². The topological polar surface area (TPSA) is 106 Å². The molecule has 1 aliphatic heterocycles. The maximum Gasteiger partial charge on any atom is 0.305 e. The van der Waals surface area contributed by atoms with E-state index in [4.69, 9.17) is 9.47 Å². The Labute approximate surface area is 301 Å². The number of ether oxygens (including phenoxy) is 2. The van der Waals surface area contributed by atoms with E-state index in [0.29, 0.717) is 18.6 Å². The summed E-state index contributed by atoms with van der Waals surface area (Å²) in [7, 11) is 0. The molecule has 2 N–H and O–H groups in total. The van der Waals surface area contributed by atoms with Gasteiger partial charge in [0.05, 0.1) is 28.3 Å². The summed E-state index contributed by atoms with van der Waals surface area (Å²) < 4.78 is 12.4. The maximum absolute atomic E-state index is 11.3. The number of aromatic amines is 1. The van der Waals surface area contributed by atoms with Crippen LogP contribution in [0.15, 0.2) is 102 Å². The number of nitrogens with one attached hydrogen (secondary N) is 2. The number of hydrogen-bond donors (Lipinski definition) is 2. The second-order valence-electron chi connectivity index (χ2n) is 11.7. The van der Waals surface area contributed by atoms with Gasteiger partial charge in [-0.1, -0.05) is 86.5 Å². The number of H-pyrrole nitrogens is 1. The molecule has 1 fully saturated rings. The molecular weight excluding hydrogens is 665 g/mol. The molecule has 1 unspecified atom stereocenters. The monoisotopic (exact) mass is 706 g/mol. The van der Waals surface area contributed by atoms with Crippen molar-refractivity contribution in [3.8, 4) is 11.5 Å². The lowest BCUT2D eigenvalue weighted by Gasteiger charge is -2.10. The highest BCUT2D eigenvalue weighted by Gasteiger charge is 2.26. The lowest BCUT2D eigenvalue weighted by Crippen LogP contribution is -2.19. The van der Waals surface area contributed by atoms with Crippen LogP contribution < -0.4 is 29.5 Å². The molecule has 0 bridgehead atoms. The Morgan fingerprint density at radius 3 is 1.74 bits per heavy atom. The van der Waals surface area contributed by atoms with Gasteiger partial charge in [0.1, 0.15) is 11.5 Å². The van der Waals surface area contributed by atoms with Gasteiger partial charge in [0, 0.05) is 42.3 Å². The van der Waals surface area contributed by atoms with E-state index in [1.54, 1.807) is 0 Å². The fourth-order valence-electron chi connectivity index (χ4n) is 5.01. The third kappa shape index (κ3) is 11.0. The van der Waals surface area contributed by atoms with Gasteiger partial charge in [-0.15, -0.1) is 0 Å². The van der Waals surface area contributed by atoms with Gasteiger partial charge in [-0.2, -0.15) is 0 Å². The van der Waals surface area contributed by atoms with Gasteiger partial charge >= 0.3 is 4.87 Å². The van der Waals surface area contributed by atoms with Crippen molar-refractivity contribution in [2.45, 2.75) is 51.2 Å². The summed E-state index contributed by atoms with van der Waals surface area (Å²) in [5.41, 5.74) is 7.53. The van der Waals surface area contributed by atoms with Crippen molar-refractivity contribution in [2.75, 3.05) is 13.2 Å². The minimum absolute atomic E-state index is 0.0180. The first-order valence-corrected chi connectivity index (χ1v) is 18.4. The zero-order chi connectivity index (χ0) is 35.3. The predicted octanol–water partition coefficient (Wildman–Crippen LogP) is 6.40. The van der Waals surface area contributed by atoms with Crippen LogP contribution in [0, 0.1) is 0 Å². The third-order valence-electron chi connectivity index (χ3n) is 8.02. The summed E-state index contributed by atoms with van der Waals surface area (Å²) in [6, 6.07) is 24.2. The molecule has 0 radical (unpaired) electrons. The van der Waals surface area contributed by atoms with Crippen molar-refractivity contribution in [1.82, 2.24) is 20.3 Å². The Kier molecular flexibility index (Phi) is 13.2. The van der Waals surface area contributed by atoms with Crippen LogP contribution in [0.4, 0.5) is 4.79 Å². The van der Waals surface area contributed by atoms with E-state index in [2.05, 4.69) is 71.5 Å². The number of aromatic nitrogens is 3. The number of carbonyl (C=O) groups excluding carboxylic acids is 1. The molecule has 0 spiro atoms. The average molecular weight is 707 g/mol. The minimum atomic E-state index is -0.0863. The van der Waals surface area contributed by atoms with Gasteiger partial charge in [-0.25, -0.2) is 0 Å². The molecule has 1 atom stereocenters. The average Bonchev–Trinajstić information content (AvgIpc) is 3.63. The number of amides is 1. The number of thioether (sulfide) groups is 1. The summed E-state index contributed by atoms with van der Waals surface area (Å²) in [6.07, 6.45) is 10.2. The first-order chi connectivity index (χ1) is 24.3. The van der Waals surface area contributed by atoms with E-state index < -0.39 is 0 Å². The lowest BCUT2D eigenvalue weighted by atomic mass is 10.1. The quantitative estimate of drug-likeness (QED) is 0.146. The molecule has 5 aromatic rings. The summed E-state index contributed by atoms with van der Waals surface area (Å²) >= 11 is 2.46. The number of aryl methyl sites for hydroxylation is 2. The zero-order valence-corrected chi connectivity index (χ0v) is 30.1. The maximum atomic E-state index is 11.3. The van der Waals surface area contributed by atoms with E-state index in [0.717, 1.165) is 82.1 Å². The van der Waals surface area contributed by atoms with Crippen LogP contribution in [0.3, 0.4) is 0 Å². The number of carbonyl (C=O) groups is 1. The SMILES string of the molecule is C=C1NC(=O)SC1Cc1ccc(OCCc2ccc(CC)cn2)cc1.C=c1[nH]c(=O)s/c1=C/c1ccc(OCCc2ccc(CC)cn2)cc1. The van der Waals surface area contributed by atoms with Gasteiger partial charge in [-0.3, -0.25) is 19.6 Å². The number of pyridine rings is 2. The van der Waals surface area contributed by atoms with Gasteiger partial charge in [0.15, 0.2) is 0 Å². The summed E-state index contributed by atoms with van der Waals surface area (Å²) in [6.45, 7) is 13.2. The van der Waals surface area contributed by atoms with Crippen LogP contribution in [0.5, 0.6) is 11.5 Å². The largest absolute Gasteiger partial charge is 0.493 e. The Balaban J connectivity index is 0.000000194. The number of benzene rings is 2. The first-order valence-electron chi connectivity index (χ1n) is 16.7. The molecule has 1 amide bonds. The van der Waals surface area contributed by atoms with Gasteiger partial charge in [0.2, 0.25) is 0 Å². The van der Waals surface area contributed by atoms with E-state index in [-0.39, 0.29) is 15.4 Å². The molecule has 6 rings (SSSR count). The van der Waals surface area contributed by atoms with E-state index >= 15 is 0 Å². The normalized spacial score (nSPS) is 14.2. The summed E-state index contributed by atoms with van der Waals surface area (Å²) in [5.74, 6) is 1.67. The zero-order valence-electron chi connectivity index (χ0n) is 28.4. The smallest absolute Gasteiger partial charge is 0.305 e. The molecular formula is C40H42N4O4S2. The van der Waals surface area contributed by atoms with Crippen LogP contribution in [0.2, 0.25) is 0 Å². The van der Waals surface area contributed by atoms with Crippen LogP contribution >= 0.6 is 23.1 Å². The van der Waals surface area contributed by atoms with Crippen LogP contribution in [-0.2, 0) is 32.1 Å². The Bertz CT molecular complexity index is 2020. The Morgan fingerprint density at radius 1 is 0.760 bits per heavy atom. The first kappa shape index (κ1) is 36.4. The molecule has 8 nitrogen and oxygen atoms in total. The van der Waals surface area contributed by atoms with Gasteiger partial charge < -0.3 is 19.8 Å². The third-order valence-corrected chi connectivity index (χ3v) is 9.94. The van der Waals surface area contributed by atoms with E-state index in [1.165, 1.54) is 28.5 Å². The summed E-state index contributed by atoms with van der Waals surface area (Å²) in [4.78, 5) is 34.1. The van der Waals surface area contributed by atoms with Crippen molar-refractivity contribution < 1.29 is 14.3 Å². The molecule has 0 saturated carbocycles. The Hall–Kier alpha value is -4.93. The second-order valence-corrected chi connectivity index (χ2v) is 13.9. The van der Waals surface area contributed by atoms with Crippen molar-refractivity contribution in [1.29, 1.82) is 0 Å². The van der Waals surface area contributed by atoms with E-state index in [9.17, 15) is 9.59 Å². The number of hydrogen-bond acceptors (Lipinski definition) is 8. The fraction of sp³-hybridized carbons (Fsp3) is 0.250. The highest BCUT2D eigenvalue weighted by molar-refractivity contribution is 8.14.